The predicted molar refractivity (Wildman–Crippen MR) is 120 cm³/mol. The average molecular weight is 424 g/mol. The summed E-state index contributed by atoms with van der Waals surface area (Å²) in [5.41, 5.74) is 5.03. The van der Waals surface area contributed by atoms with Crippen molar-refractivity contribution in [3.63, 3.8) is 0 Å². The van der Waals surface area contributed by atoms with Gasteiger partial charge in [-0.05, 0) is 26.3 Å². The quantitative estimate of drug-likeness (QED) is 0.232. The van der Waals surface area contributed by atoms with Gasteiger partial charge in [-0.2, -0.15) is 0 Å². The smallest absolute Gasteiger partial charge is 0.263 e. The Balaban J connectivity index is 1.80. The molecule has 0 bridgehead atoms. The van der Waals surface area contributed by atoms with Crippen LogP contribution in [0.4, 0.5) is 0 Å². The second kappa shape index (κ2) is 8.00. The Morgan fingerprint density at radius 2 is 2.00 bits per heavy atom. The van der Waals surface area contributed by atoms with E-state index in [9.17, 15) is 4.79 Å². The number of rotatable bonds is 6. The van der Waals surface area contributed by atoms with Gasteiger partial charge in [0.25, 0.3) is 5.56 Å². The van der Waals surface area contributed by atoms with Crippen molar-refractivity contribution >= 4 is 33.3 Å². The summed E-state index contributed by atoms with van der Waals surface area (Å²) in [7, 11) is 0. The van der Waals surface area contributed by atoms with E-state index < -0.39 is 0 Å². The van der Waals surface area contributed by atoms with E-state index >= 15 is 0 Å². The zero-order chi connectivity index (χ0) is 20.5. The van der Waals surface area contributed by atoms with Gasteiger partial charge in [0.2, 0.25) is 0 Å². The molecule has 5 nitrogen and oxygen atoms in total. The lowest BCUT2D eigenvalue weighted by atomic mass is 10.1. The molecule has 0 aliphatic carbocycles. The van der Waals surface area contributed by atoms with E-state index in [-0.39, 0.29) is 5.56 Å². The van der Waals surface area contributed by atoms with Crippen LogP contribution in [0.5, 0.6) is 0 Å². The molecule has 0 unspecified atom stereocenters. The van der Waals surface area contributed by atoms with E-state index in [1.807, 2.05) is 31.4 Å². The topological polar surface area (TPSA) is 60.9 Å². The first-order chi connectivity index (χ1) is 14.0. The summed E-state index contributed by atoms with van der Waals surface area (Å²) < 4.78 is 6.95. The van der Waals surface area contributed by atoms with Crippen LogP contribution in [-0.4, -0.2) is 14.7 Å². The number of benzene rings is 1. The SMILES string of the molecule is C=CCn1c(SCc2c(C)noc2C)nc2scc(-c3ccc(C)cc3)c2c1=O. The van der Waals surface area contributed by atoms with Gasteiger partial charge in [-0.1, -0.05) is 52.8 Å². The molecule has 0 aliphatic heterocycles. The maximum Gasteiger partial charge on any atom is 0.263 e. The van der Waals surface area contributed by atoms with Crippen LogP contribution >= 0.6 is 23.1 Å². The second-order valence-electron chi connectivity index (χ2n) is 6.89. The highest BCUT2D eigenvalue weighted by Crippen LogP contribution is 2.33. The van der Waals surface area contributed by atoms with Crippen LogP contribution in [0.2, 0.25) is 0 Å². The zero-order valence-electron chi connectivity index (χ0n) is 16.6. The Labute approximate surface area is 177 Å². The fourth-order valence-corrected chi connectivity index (χ4v) is 5.35. The van der Waals surface area contributed by atoms with E-state index in [1.165, 1.54) is 28.7 Å². The van der Waals surface area contributed by atoms with Crippen molar-refractivity contribution in [2.45, 2.75) is 38.2 Å². The van der Waals surface area contributed by atoms with Crippen molar-refractivity contribution in [2.24, 2.45) is 0 Å². The molecule has 29 heavy (non-hydrogen) atoms. The molecule has 7 heteroatoms. The van der Waals surface area contributed by atoms with Crippen molar-refractivity contribution in [3.05, 3.63) is 75.2 Å². The van der Waals surface area contributed by atoms with Crippen LogP contribution < -0.4 is 5.56 Å². The molecular formula is C22H21N3O2S2. The number of thioether (sulfide) groups is 1. The lowest BCUT2D eigenvalue weighted by Crippen LogP contribution is -2.22. The number of hydrogen-bond acceptors (Lipinski definition) is 6. The predicted octanol–water partition coefficient (Wildman–Crippen LogP) is 5.52. The third-order valence-corrected chi connectivity index (χ3v) is 6.73. The fraction of sp³-hybridized carbons (Fsp3) is 0.227. The molecule has 0 aliphatic rings. The molecule has 0 saturated heterocycles. The molecule has 0 saturated carbocycles. The van der Waals surface area contributed by atoms with Gasteiger partial charge in [-0.25, -0.2) is 4.98 Å². The first-order valence-electron chi connectivity index (χ1n) is 9.24. The third kappa shape index (κ3) is 3.68. The van der Waals surface area contributed by atoms with Crippen molar-refractivity contribution in [1.82, 2.24) is 14.7 Å². The minimum Gasteiger partial charge on any atom is -0.361 e. The molecule has 0 atom stereocenters. The lowest BCUT2D eigenvalue weighted by molar-refractivity contribution is 0.392. The molecule has 0 amide bonds. The van der Waals surface area contributed by atoms with E-state index in [2.05, 4.69) is 30.8 Å². The van der Waals surface area contributed by atoms with Gasteiger partial charge in [0, 0.05) is 28.8 Å². The second-order valence-corrected chi connectivity index (χ2v) is 8.69. The Kier molecular flexibility index (Phi) is 5.43. The molecule has 1 aromatic carbocycles. The van der Waals surface area contributed by atoms with Crippen LogP contribution in [0.25, 0.3) is 21.3 Å². The highest BCUT2D eigenvalue weighted by Gasteiger charge is 2.18. The summed E-state index contributed by atoms with van der Waals surface area (Å²) in [6.45, 7) is 10.1. The summed E-state index contributed by atoms with van der Waals surface area (Å²) in [4.78, 5) is 19.0. The van der Waals surface area contributed by atoms with Crippen molar-refractivity contribution in [3.8, 4) is 11.1 Å². The maximum absolute atomic E-state index is 13.4. The maximum atomic E-state index is 13.4. The van der Waals surface area contributed by atoms with Crippen LogP contribution in [0.3, 0.4) is 0 Å². The first-order valence-corrected chi connectivity index (χ1v) is 11.1. The van der Waals surface area contributed by atoms with Gasteiger partial charge < -0.3 is 4.52 Å². The number of fused-ring (bicyclic) bond motifs is 1. The first kappa shape index (κ1) is 19.7. The summed E-state index contributed by atoms with van der Waals surface area (Å²) in [5.74, 6) is 1.44. The Morgan fingerprint density at radius 1 is 1.24 bits per heavy atom. The van der Waals surface area contributed by atoms with Gasteiger partial charge in [-0.15, -0.1) is 17.9 Å². The van der Waals surface area contributed by atoms with Crippen LogP contribution in [0, 0.1) is 20.8 Å². The monoisotopic (exact) mass is 423 g/mol. The Hall–Kier alpha value is -2.64. The molecule has 0 radical (unpaired) electrons. The number of allylic oxidation sites excluding steroid dienone is 1. The zero-order valence-corrected chi connectivity index (χ0v) is 18.2. The van der Waals surface area contributed by atoms with Crippen molar-refractivity contribution in [1.29, 1.82) is 0 Å². The molecule has 4 rings (SSSR count). The van der Waals surface area contributed by atoms with Gasteiger partial charge in [0.1, 0.15) is 10.6 Å². The van der Waals surface area contributed by atoms with Crippen molar-refractivity contribution < 1.29 is 4.52 Å². The lowest BCUT2D eigenvalue weighted by Gasteiger charge is -2.11. The Morgan fingerprint density at radius 3 is 2.66 bits per heavy atom. The molecule has 3 aromatic heterocycles. The Bertz CT molecular complexity index is 1230. The minimum atomic E-state index is -0.0343. The number of nitrogens with zero attached hydrogens (tertiary/aromatic N) is 3. The molecule has 4 aromatic rings. The molecule has 0 fully saturated rings. The summed E-state index contributed by atoms with van der Waals surface area (Å²) in [6, 6.07) is 8.22. The highest BCUT2D eigenvalue weighted by molar-refractivity contribution is 7.98. The van der Waals surface area contributed by atoms with Crippen LogP contribution in [0.1, 0.15) is 22.6 Å². The normalized spacial score (nSPS) is 11.3. The average Bonchev–Trinajstić information content (AvgIpc) is 3.27. The van der Waals surface area contributed by atoms with E-state index in [0.29, 0.717) is 22.8 Å². The summed E-state index contributed by atoms with van der Waals surface area (Å²) >= 11 is 3.02. The van der Waals surface area contributed by atoms with Gasteiger partial charge >= 0.3 is 0 Å². The van der Waals surface area contributed by atoms with Crippen molar-refractivity contribution in [2.75, 3.05) is 0 Å². The number of hydrogen-bond donors (Lipinski definition) is 0. The fourth-order valence-electron chi connectivity index (χ4n) is 3.20. The summed E-state index contributed by atoms with van der Waals surface area (Å²) in [6.07, 6.45) is 1.73. The molecular weight excluding hydrogens is 402 g/mol. The van der Waals surface area contributed by atoms with Crippen LogP contribution in [0.15, 0.2) is 56.8 Å². The third-order valence-electron chi connectivity index (χ3n) is 4.86. The number of aryl methyl sites for hydroxylation is 3. The highest BCUT2D eigenvalue weighted by atomic mass is 32.2. The molecule has 3 heterocycles. The summed E-state index contributed by atoms with van der Waals surface area (Å²) in [5, 5.41) is 7.37. The van der Waals surface area contributed by atoms with Gasteiger partial charge in [-0.3, -0.25) is 9.36 Å². The van der Waals surface area contributed by atoms with Crippen LogP contribution in [-0.2, 0) is 12.3 Å². The number of aromatic nitrogens is 3. The minimum absolute atomic E-state index is 0.0343. The molecule has 0 spiro atoms. The van der Waals surface area contributed by atoms with E-state index in [4.69, 9.17) is 9.51 Å². The number of thiophene rings is 1. The van der Waals surface area contributed by atoms with Gasteiger partial charge in [0.05, 0.1) is 11.1 Å². The van der Waals surface area contributed by atoms with E-state index in [1.54, 1.807) is 10.6 Å². The van der Waals surface area contributed by atoms with Gasteiger partial charge in [0.15, 0.2) is 5.16 Å². The largest absolute Gasteiger partial charge is 0.361 e. The molecule has 148 valence electrons. The van der Waals surface area contributed by atoms with E-state index in [0.717, 1.165) is 33.0 Å². The standard InChI is InChI=1S/C22H21N3O2S2/c1-5-10-25-21(26)19-18(16-8-6-13(2)7-9-16)12-28-20(19)23-22(25)29-11-17-14(3)24-27-15(17)4/h5-9,12H,1,10-11H2,2-4H3. The molecule has 0 N–H and O–H groups in total.